The van der Waals surface area contributed by atoms with Crippen LogP contribution in [-0.2, 0) is 11.8 Å². The maximum atomic E-state index is 12.9. The van der Waals surface area contributed by atoms with E-state index in [4.69, 9.17) is 9.47 Å². The highest BCUT2D eigenvalue weighted by molar-refractivity contribution is 6.17. The van der Waals surface area contributed by atoms with Gasteiger partial charge in [-0.3, -0.25) is 9.79 Å². The van der Waals surface area contributed by atoms with E-state index in [1.807, 2.05) is 48.1 Å². The molecule has 7 heteroatoms. The van der Waals surface area contributed by atoms with Gasteiger partial charge in [-0.15, -0.1) is 0 Å². The van der Waals surface area contributed by atoms with Gasteiger partial charge < -0.3 is 19.1 Å². The molecule has 0 spiro atoms. The zero-order valence-electron chi connectivity index (χ0n) is 18.5. The lowest BCUT2D eigenvalue weighted by Crippen LogP contribution is -2.14. The van der Waals surface area contributed by atoms with Gasteiger partial charge in [0.15, 0.2) is 5.76 Å². The van der Waals surface area contributed by atoms with Crippen LogP contribution in [0.4, 0.5) is 0 Å². The predicted octanol–water partition coefficient (Wildman–Crippen LogP) is 4.73. The van der Waals surface area contributed by atoms with Gasteiger partial charge in [-0.2, -0.15) is 0 Å². The van der Waals surface area contributed by atoms with Crippen molar-refractivity contribution in [3.05, 3.63) is 83.4 Å². The van der Waals surface area contributed by atoms with Crippen molar-refractivity contribution in [2.45, 2.75) is 6.42 Å². The number of benzene rings is 2. The van der Waals surface area contributed by atoms with Crippen LogP contribution in [0.25, 0.3) is 28.2 Å². The van der Waals surface area contributed by atoms with Crippen molar-refractivity contribution in [2.75, 3.05) is 13.2 Å². The number of phenolic OH excluding ortho intramolecular Hbond substituents is 1. The number of carbonyl (C=O) groups is 1. The average molecular weight is 451 g/mol. The second kappa shape index (κ2) is 7.88. The molecule has 4 heterocycles. The predicted molar refractivity (Wildman–Crippen MR) is 129 cm³/mol. The summed E-state index contributed by atoms with van der Waals surface area (Å²) in [4.78, 5) is 21.9. The van der Waals surface area contributed by atoms with Crippen molar-refractivity contribution >= 4 is 28.8 Å². The average Bonchev–Trinajstić information content (AvgIpc) is 3.37. The monoisotopic (exact) mass is 451 g/mol. The van der Waals surface area contributed by atoms with Gasteiger partial charge in [-0.05, 0) is 47.5 Å². The molecule has 0 atom stereocenters. The number of fused-ring (bicyclic) bond motifs is 2. The van der Waals surface area contributed by atoms with Crippen molar-refractivity contribution in [1.82, 2.24) is 9.55 Å². The van der Waals surface area contributed by atoms with Crippen LogP contribution in [0.1, 0.15) is 27.9 Å². The van der Waals surface area contributed by atoms with Crippen LogP contribution in [0.15, 0.2) is 71.7 Å². The quantitative estimate of drug-likeness (QED) is 0.455. The Morgan fingerprint density at radius 1 is 1.09 bits per heavy atom. The van der Waals surface area contributed by atoms with Gasteiger partial charge in [0, 0.05) is 48.9 Å². The molecule has 2 aliphatic rings. The summed E-state index contributed by atoms with van der Waals surface area (Å²) in [7, 11) is 1.92. The van der Waals surface area contributed by atoms with Crippen LogP contribution in [0.2, 0.25) is 0 Å². The highest BCUT2D eigenvalue weighted by Crippen LogP contribution is 2.39. The lowest BCUT2D eigenvalue weighted by Gasteiger charge is -2.14. The van der Waals surface area contributed by atoms with Gasteiger partial charge in [0.25, 0.3) is 0 Å². The summed E-state index contributed by atoms with van der Waals surface area (Å²) in [5.41, 5.74) is 4.74. The van der Waals surface area contributed by atoms with Gasteiger partial charge in [-0.25, -0.2) is 4.98 Å². The van der Waals surface area contributed by atoms with E-state index < -0.39 is 0 Å². The SMILES string of the molecule is Cn1cc(C=C2Oc3cccc(O)c3C2=O)c2c(-c3ccc(C4=NCCCO4)cc3)ccnc21. The van der Waals surface area contributed by atoms with Crippen molar-refractivity contribution in [2.24, 2.45) is 12.0 Å². The first-order chi connectivity index (χ1) is 16.6. The molecule has 0 saturated heterocycles. The number of aryl methyl sites for hydroxylation is 1. The van der Waals surface area contributed by atoms with E-state index in [1.54, 1.807) is 24.4 Å². The third-order valence-electron chi connectivity index (χ3n) is 6.09. The molecule has 2 aromatic heterocycles. The van der Waals surface area contributed by atoms with Gasteiger partial charge in [0.1, 0.15) is 22.7 Å². The number of nitrogens with zero attached hydrogens (tertiary/aromatic N) is 3. The van der Waals surface area contributed by atoms with Gasteiger partial charge in [0.2, 0.25) is 11.7 Å². The number of ether oxygens (including phenoxy) is 2. The minimum Gasteiger partial charge on any atom is -0.507 e. The van der Waals surface area contributed by atoms with Crippen LogP contribution in [0.3, 0.4) is 0 Å². The first-order valence-corrected chi connectivity index (χ1v) is 11.1. The zero-order valence-corrected chi connectivity index (χ0v) is 18.5. The second-order valence-corrected chi connectivity index (χ2v) is 8.31. The van der Waals surface area contributed by atoms with Gasteiger partial charge in [-0.1, -0.05) is 18.2 Å². The molecular weight excluding hydrogens is 430 g/mol. The number of Topliss-reactive ketones (excluding diaryl/α,β-unsaturated/α-hetero) is 1. The third-order valence-corrected chi connectivity index (χ3v) is 6.09. The van der Waals surface area contributed by atoms with E-state index in [2.05, 4.69) is 9.98 Å². The number of phenols is 1. The highest BCUT2D eigenvalue weighted by Gasteiger charge is 2.30. The number of hydrogen-bond donors (Lipinski definition) is 1. The molecule has 0 aliphatic carbocycles. The Kier molecular flexibility index (Phi) is 4.69. The Hall–Kier alpha value is -4.39. The van der Waals surface area contributed by atoms with Crippen molar-refractivity contribution in [3.63, 3.8) is 0 Å². The number of aliphatic imine (C=N–C) groups is 1. The normalized spacial score (nSPS) is 16.3. The molecule has 7 nitrogen and oxygen atoms in total. The Morgan fingerprint density at radius 2 is 1.91 bits per heavy atom. The molecule has 0 unspecified atom stereocenters. The minimum atomic E-state index is -0.340. The van der Waals surface area contributed by atoms with Crippen molar-refractivity contribution in [3.8, 4) is 22.6 Å². The molecule has 2 aliphatic heterocycles. The van der Waals surface area contributed by atoms with Gasteiger partial charge >= 0.3 is 0 Å². The lowest BCUT2D eigenvalue weighted by molar-refractivity contribution is 0.101. The standard InChI is InChI=1S/C27H21N3O4/c1-30-15-18(14-22-25(32)24-20(31)4-2-5-21(24)34-22)23-19(10-12-28-26(23)30)16-6-8-17(9-7-16)27-29-11-3-13-33-27/h2,4-10,12,14-15,31H,3,11,13H2,1H3. The fourth-order valence-electron chi connectivity index (χ4n) is 4.47. The first kappa shape index (κ1) is 20.2. The summed E-state index contributed by atoms with van der Waals surface area (Å²) in [6.07, 6.45) is 6.36. The molecule has 6 rings (SSSR count). The number of aromatic nitrogens is 2. The Labute approximate surface area is 195 Å². The maximum absolute atomic E-state index is 12.9. The number of carbonyl (C=O) groups excluding carboxylic acids is 1. The maximum Gasteiger partial charge on any atom is 0.235 e. The van der Waals surface area contributed by atoms with Crippen molar-refractivity contribution in [1.29, 1.82) is 0 Å². The molecule has 0 bridgehead atoms. The zero-order chi connectivity index (χ0) is 23.2. The van der Waals surface area contributed by atoms with Crippen LogP contribution in [0, 0.1) is 0 Å². The van der Waals surface area contributed by atoms with E-state index in [-0.39, 0.29) is 22.9 Å². The number of allylic oxidation sites excluding steroid dienone is 1. The van der Waals surface area contributed by atoms with E-state index in [0.717, 1.165) is 46.3 Å². The molecular formula is C27H21N3O4. The van der Waals surface area contributed by atoms with E-state index in [0.29, 0.717) is 18.3 Å². The number of aromatic hydroxyl groups is 1. The van der Waals surface area contributed by atoms with E-state index in [9.17, 15) is 9.90 Å². The summed E-state index contributed by atoms with van der Waals surface area (Å²) in [6, 6.07) is 14.9. The molecule has 1 N–H and O–H groups in total. The van der Waals surface area contributed by atoms with Crippen LogP contribution in [-0.4, -0.2) is 39.5 Å². The first-order valence-electron chi connectivity index (χ1n) is 11.1. The smallest absolute Gasteiger partial charge is 0.235 e. The summed E-state index contributed by atoms with van der Waals surface area (Å²) < 4.78 is 13.4. The molecule has 0 saturated carbocycles. The molecule has 2 aromatic carbocycles. The van der Waals surface area contributed by atoms with Crippen LogP contribution in [0.5, 0.6) is 11.5 Å². The molecule has 4 aromatic rings. The Morgan fingerprint density at radius 3 is 2.68 bits per heavy atom. The topological polar surface area (TPSA) is 85.9 Å². The molecule has 0 amide bonds. The number of hydrogen-bond acceptors (Lipinski definition) is 6. The molecule has 168 valence electrons. The van der Waals surface area contributed by atoms with E-state index >= 15 is 0 Å². The summed E-state index contributed by atoms with van der Waals surface area (Å²) in [5.74, 6) is 0.786. The molecule has 0 fully saturated rings. The largest absolute Gasteiger partial charge is 0.507 e. The second-order valence-electron chi connectivity index (χ2n) is 8.31. The molecule has 0 radical (unpaired) electrons. The Bertz CT molecular complexity index is 1510. The third kappa shape index (κ3) is 3.25. The van der Waals surface area contributed by atoms with E-state index in [1.165, 1.54) is 6.07 Å². The van der Waals surface area contributed by atoms with Crippen LogP contribution >= 0.6 is 0 Å². The number of ketones is 1. The Balaban J connectivity index is 1.44. The summed E-state index contributed by atoms with van der Waals surface area (Å²) in [6.45, 7) is 1.47. The lowest BCUT2D eigenvalue weighted by atomic mass is 9.99. The fraction of sp³-hybridized carbons (Fsp3) is 0.148. The van der Waals surface area contributed by atoms with Crippen LogP contribution < -0.4 is 4.74 Å². The highest BCUT2D eigenvalue weighted by atomic mass is 16.5. The summed E-state index contributed by atoms with van der Waals surface area (Å²) in [5, 5.41) is 11.0. The number of rotatable bonds is 3. The number of pyridine rings is 1. The summed E-state index contributed by atoms with van der Waals surface area (Å²) >= 11 is 0. The minimum absolute atomic E-state index is 0.0854. The van der Waals surface area contributed by atoms with Crippen molar-refractivity contribution < 1.29 is 19.4 Å². The van der Waals surface area contributed by atoms with Gasteiger partial charge in [0.05, 0.1) is 6.61 Å². The molecule has 34 heavy (non-hydrogen) atoms. The fourth-order valence-corrected chi connectivity index (χ4v) is 4.47.